The van der Waals surface area contributed by atoms with Gasteiger partial charge in [-0.3, -0.25) is 9.35 Å². The van der Waals surface area contributed by atoms with E-state index in [0.717, 1.165) is 29.9 Å². The Balaban J connectivity index is 1.65. The largest absolute Gasteiger partial charge is 0.494 e. The number of nitrogens with zero attached hydrogens (tertiary/aromatic N) is 5. The van der Waals surface area contributed by atoms with Gasteiger partial charge in [0.15, 0.2) is 0 Å². The van der Waals surface area contributed by atoms with Crippen LogP contribution in [0.2, 0.25) is 0 Å². The summed E-state index contributed by atoms with van der Waals surface area (Å²) in [6, 6.07) is 10.7. The Kier molecular flexibility index (Phi) is 9.11. The second-order valence-electron chi connectivity index (χ2n) is 9.94. The summed E-state index contributed by atoms with van der Waals surface area (Å²) in [4.78, 5) is 27.4. The molecule has 1 aliphatic rings. The SMILES string of the molecule is C=CC(=O)Nc1cc(Nc2nccc(N3CCc4ccc(CS(=O)(=O)O)cc43)n2)c(OC)cc1N(C)CCN(C)C. The number of aromatic nitrogens is 2. The number of likely N-dealkylation sites (N-methyl/N-ethyl adjacent to an activating group) is 2. The third-order valence-corrected chi connectivity index (χ3v) is 7.31. The van der Waals surface area contributed by atoms with Gasteiger partial charge in [0.25, 0.3) is 10.1 Å². The van der Waals surface area contributed by atoms with Gasteiger partial charge in [0.05, 0.1) is 24.2 Å². The van der Waals surface area contributed by atoms with Crippen LogP contribution in [-0.4, -0.2) is 81.6 Å². The second kappa shape index (κ2) is 12.5. The van der Waals surface area contributed by atoms with Crippen molar-refractivity contribution in [2.24, 2.45) is 0 Å². The number of fused-ring (bicyclic) bond motifs is 1. The highest BCUT2D eigenvalue weighted by Gasteiger charge is 2.23. The van der Waals surface area contributed by atoms with Gasteiger partial charge >= 0.3 is 0 Å². The predicted octanol–water partition coefficient (Wildman–Crippen LogP) is 3.43. The Hall–Kier alpha value is -4.20. The molecule has 2 aromatic carbocycles. The molecule has 3 N–H and O–H groups in total. The van der Waals surface area contributed by atoms with E-state index in [0.29, 0.717) is 47.5 Å². The molecule has 4 rings (SSSR count). The van der Waals surface area contributed by atoms with Crippen LogP contribution in [0.5, 0.6) is 5.75 Å². The monoisotopic (exact) mass is 581 g/mol. The normalized spacial score (nSPS) is 12.7. The molecular formula is C28H35N7O5S. The molecule has 41 heavy (non-hydrogen) atoms. The van der Waals surface area contributed by atoms with Crippen molar-refractivity contribution >= 4 is 50.5 Å². The van der Waals surface area contributed by atoms with E-state index in [2.05, 4.69) is 27.1 Å². The Labute approximate surface area is 240 Å². The number of hydrogen-bond donors (Lipinski definition) is 3. The lowest BCUT2D eigenvalue weighted by Crippen LogP contribution is -2.29. The Morgan fingerprint density at radius 2 is 1.95 bits per heavy atom. The molecule has 0 radical (unpaired) electrons. The standard InChI is InChI=1S/C28H35N7O5S/c1-6-27(36)30-21-16-22(25(40-5)17-24(21)34(4)14-13-33(2)3)31-28-29-11-9-26(32-28)35-12-10-20-8-7-19(15-23(20)35)18-41(37,38)39/h6-9,11,15-17H,1,10,12-14,18H2,2-5H3,(H,30,36)(H,29,31,32)(H,37,38,39). The van der Waals surface area contributed by atoms with Crippen LogP contribution in [-0.2, 0) is 27.1 Å². The van der Waals surface area contributed by atoms with E-state index in [1.165, 1.54) is 6.08 Å². The molecular weight excluding hydrogens is 546 g/mol. The summed E-state index contributed by atoms with van der Waals surface area (Å²) in [6.07, 6.45) is 3.60. The van der Waals surface area contributed by atoms with E-state index in [1.54, 1.807) is 37.6 Å². The van der Waals surface area contributed by atoms with E-state index in [4.69, 9.17) is 9.72 Å². The third-order valence-electron chi connectivity index (χ3n) is 6.61. The number of benzene rings is 2. The Morgan fingerprint density at radius 1 is 1.17 bits per heavy atom. The van der Waals surface area contributed by atoms with Crippen LogP contribution in [0.4, 0.5) is 34.5 Å². The fourth-order valence-electron chi connectivity index (χ4n) is 4.55. The first-order chi connectivity index (χ1) is 19.5. The number of hydrogen-bond acceptors (Lipinski definition) is 10. The average molecular weight is 582 g/mol. The number of methoxy groups -OCH3 is 1. The zero-order valence-corrected chi connectivity index (χ0v) is 24.4. The fourth-order valence-corrected chi connectivity index (χ4v) is 5.15. The van der Waals surface area contributed by atoms with Gasteiger partial charge in [-0.25, -0.2) is 4.98 Å². The van der Waals surface area contributed by atoms with Crippen LogP contribution in [0.25, 0.3) is 0 Å². The summed E-state index contributed by atoms with van der Waals surface area (Å²) in [5, 5.41) is 6.09. The maximum atomic E-state index is 12.3. The van der Waals surface area contributed by atoms with Crippen molar-refractivity contribution in [2.45, 2.75) is 12.2 Å². The van der Waals surface area contributed by atoms with Crippen LogP contribution >= 0.6 is 0 Å². The van der Waals surface area contributed by atoms with Gasteiger partial charge in [0.2, 0.25) is 11.9 Å². The molecule has 0 aliphatic carbocycles. The van der Waals surface area contributed by atoms with E-state index >= 15 is 0 Å². The first kappa shape index (κ1) is 29.8. The Morgan fingerprint density at radius 3 is 2.63 bits per heavy atom. The molecule has 218 valence electrons. The molecule has 13 heteroatoms. The zero-order chi connectivity index (χ0) is 29.7. The molecule has 0 fully saturated rings. The number of carbonyl (C=O) groups excluding carboxylic acids is 1. The van der Waals surface area contributed by atoms with E-state index in [1.807, 2.05) is 43.1 Å². The van der Waals surface area contributed by atoms with Gasteiger partial charge in [-0.15, -0.1) is 0 Å². The zero-order valence-electron chi connectivity index (χ0n) is 23.6. The third kappa shape index (κ3) is 7.51. The number of ether oxygens (including phenoxy) is 1. The number of nitrogens with one attached hydrogen (secondary N) is 2. The quantitative estimate of drug-likeness (QED) is 0.214. The van der Waals surface area contributed by atoms with E-state index in [-0.39, 0.29) is 5.91 Å². The van der Waals surface area contributed by atoms with Gasteiger partial charge in [-0.1, -0.05) is 18.7 Å². The first-order valence-corrected chi connectivity index (χ1v) is 14.5. The summed E-state index contributed by atoms with van der Waals surface area (Å²) >= 11 is 0. The molecule has 1 aromatic heterocycles. The maximum absolute atomic E-state index is 12.3. The smallest absolute Gasteiger partial charge is 0.269 e. The summed E-state index contributed by atoms with van der Waals surface area (Å²) in [7, 11) is 3.34. The predicted molar refractivity (Wildman–Crippen MR) is 161 cm³/mol. The molecule has 0 spiro atoms. The van der Waals surface area contributed by atoms with Crippen LogP contribution in [0.3, 0.4) is 0 Å². The lowest BCUT2D eigenvalue weighted by atomic mass is 10.1. The number of amides is 1. The van der Waals surface area contributed by atoms with Crippen molar-refractivity contribution in [3.8, 4) is 5.75 Å². The molecule has 3 aromatic rings. The molecule has 2 heterocycles. The highest BCUT2D eigenvalue weighted by molar-refractivity contribution is 7.85. The number of anilines is 6. The summed E-state index contributed by atoms with van der Waals surface area (Å²) in [5.74, 6) is 0.643. The topological polar surface area (TPSA) is 140 Å². The molecule has 0 bridgehead atoms. The summed E-state index contributed by atoms with van der Waals surface area (Å²) < 4.78 is 37.8. The number of rotatable bonds is 12. The van der Waals surface area contributed by atoms with Crippen molar-refractivity contribution in [3.05, 3.63) is 66.4 Å². The highest BCUT2D eigenvalue weighted by atomic mass is 32.2. The van der Waals surface area contributed by atoms with Crippen molar-refractivity contribution in [1.82, 2.24) is 14.9 Å². The van der Waals surface area contributed by atoms with E-state index in [9.17, 15) is 17.8 Å². The van der Waals surface area contributed by atoms with Gasteiger partial charge in [-0.2, -0.15) is 13.4 Å². The first-order valence-electron chi connectivity index (χ1n) is 12.9. The average Bonchev–Trinajstić information content (AvgIpc) is 3.34. The van der Waals surface area contributed by atoms with Crippen LogP contribution in [0, 0.1) is 0 Å². The second-order valence-corrected chi connectivity index (χ2v) is 11.4. The minimum atomic E-state index is -4.16. The van der Waals surface area contributed by atoms with Crippen molar-refractivity contribution < 1.29 is 22.5 Å². The van der Waals surface area contributed by atoms with Gasteiger partial charge in [0.1, 0.15) is 17.3 Å². The van der Waals surface area contributed by atoms with Crippen molar-refractivity contribution in [3.63, 3.8) is 0 Å². The highest BCUT2D eigenvalue weighted by Crippen LogP contribution is 2.39. The molecule has 1 amide bonds. The molecule has 0 saturated heterocycles. The molecule has 0 unspecified atom stereocenters. The van der Waals surface area contributed by atoms with Crippen LogP contribution < -0.4 is 25.2 Å². The van der Waals surface area contributed by atoms with Crippen molar-refractivity contribution in [2.75, 3.05) is 68.3 Å². The fraction of sp³-hybridized carbons (Fsp3) is 0.321. The van der Waals surface area contributed by atoms with Crippen LogP contribution in [0.1, 0.15) is 11.1 Å². The van der Waals surface area contributed by atoms with Gasteiger partial charge in [0, 0.05) is 44.6 Å². The molecule has 0 atom stereocenters. The molecule has 0 saturated carbocycles. The van der Waals surface area contributed by atoms with Crippen molar-refractivity contribution in [1.29, 1.82) is 0 Å². The molecule has 12 nitrogen and oxygen atoms in total. The lowest BCUT2D eigenvalue weighted by molar-refractivity contribution is -0.111. The van der Waals surface area contributed by atoms with E-state index < -0.39 is 15.9 Å². The number of carbonyl (C=O) groups is 1. The maximum Gasteiger partial charge on any atom is 0.269 e. The minimum absolute atomic E-state index is 0.304. The minimum Gasteiger partial charge on any atom is -0.494 e. The van der Waals surface area contributed by atoms with Crippen LogP contribution in [0.15, 0.2) is 55.3 Å². The lowest BCUT2D eigenvalue weighted by Gasteiger charge is -2.26. The van der Waals surface area contributed by atoms with Gasteiger partial charge < -0.3 is 30.1 Å². The summed E-state index contributed by atoms with van der Waals surface area (Å²) in [6.45, 7) is 5.74. The molecule has 1 aliphatic heterocycles. The summed E-state index contributed by atoms with van der Waals surface area (Å²) in [5.41, 5.74) is 4.25. The van der Waals surface area contributed by atoms with Gasteiger partial charge in [-0.05, 0) is 55.9 Å². The Bertz CT molecular complexity index is 1540.